The van der Waals surface area contributed by atoms with Gasteiger partial charge in [-0.2, -0.15) is 0 Å². The number of anilines is 1. The van der Waals surface area contributed by atoms with Crippen molar-refractivity contribution in [2.45, 2.75) is 6.17 Å². The Hall–Kier alpha value is -3.37. The van der Waals surface area contributed by atoms with Crippen LogP contribution in [0.15, 0.2) is 78.9 Å². The van der Waals surface area contributed by atoms with Gasteiger partial charge in [0.15, 0.2) is 0 Å². The lowest BCUT2D eigenvalue weighted by Crippen LogP contribution is -2.25. The number of nitrogens with one attached hydrogen (secondary N) is 1. The lowest BCUT2D eigenvalue weighted by atomic mass is 10.1. The van der Waals surface area contributed by atoms with Crippen LogP contribution in [-0.2, 0) is 0 Å². The van der Waals surface area contributed by atoms with Gasteiger partial charge in [0, 0.05) is 22.2 Å². The summed E-state index contributed by atoms with van der Waals surface area (Å²) in [6, 6.07) is 26.6. The van der Waals surface area contributed by atoms with Crippen molar-refractivity contribution >= 4 is 39.2 Å². The molecule has 0 spiro atoms. The Kier molecular flexibility index (Phi) is 3.25. The van der Waals surface area contributed by atoms with Gasteiger partial charge in [-0.05, 0) is 36.4 Å². The van der Waals surface area contributed by atoms with Gasteiger partial charge < -0.3 is 5.32 Å². The molecule has 2 aromatic heterocycles. The van der Waals surface area contributed by atoms with Crippen molar-refractivity contribution < 1.29 is 0 Å². The molecule has 0 bridgehead atoms. The van der Waals surface area contributed by atoms with Crippen molar-refractivity contribution in [3.05, 3.63) is 89.6 Å². The van der Waals surface area contributed by atoms with Gasteiger partial charge in [-0.25, -0.2) is 9.97 Å². The highest BCUT2D eigenvalue weighted by Gasteiger charge is 2.29. The Balaban J connectivity index is 1.67. The minimum absolute atomic E-state index is 0.193. The molecule has 5 heteroatoms. The Bertz CT molecular complexity index is 1370. The number of hydrogen-bond acceptors (Lipinski definition) is 3. The average molecular weight is 383 g/mol. The lowest BCUT2D eigenvalue weighted by Gasteiger charge is -2.30. The maximum Gasteiger partial charge on any atom is 0.145 e. The number of imidazole rings is 1. The summed E-state index contributed by atoms with van der Waals surface area (Å²) in [5.74, 6) is 0.935. The monoisotopic (exact) mass is 382 g/mol. The fourth-order valence-electron chi connectivity index (χ4n) is 4.03. The average Bonchev–Trinajstić information content (AvgIpc) is 3.13. The fourth-order valence-corrected chi connectivity index (χ4v) is 4.28. The van der Waals surface area contributed by atoms with Crippen LogP contribution in [0, 0.1) is 0 Å². The van der Waals surface area contributed by atoms with Crippen LogP contribution in [0.2, 0.25) is 5.15 Å². The van der Waals surface area contributed by atoms with E-state index in [4.69, 9.17) is 16.6 Å². The summed E-state index contributed by atoms with van der Waals surface area (Å²) >= 11 is 6.66. The first kappa shape index (κ1) is 15.7. The molecule has 0 aliphatic carbocycles. The maximum atomic E-state index is 6.66. The van der Waals surface area contributed by atoms with Crippen LogP contribution in [0.4, 0.5) is 5.69 Å². The summed E-state index contributed by atoms with van der Waals surface area (Å²) in [5.41, 5.74) is 5.97. The molecule has 3 heterocycles. The van der Waals surface area contributed by atoms with Gasteiger partial charge in [-0.1, -0.05) is 54.1 Å². The molecule has 0 amide bonds. The molecular formula is C23H15ClN4. The minimum Gasteiger partial charge on any atom is -0.360 e. The molecule has 6 rings (SSSR count). The predicted octanol–water partition coefficient (Wildman–Crippen LogP) is 5.88. The van der Waals surface area contributed by atoms with Gasteiger partial charge in [0.1, 0.15) is 17.1 Å². The minimum atomic E-state index is -0.193. The smallest absolute Gasteiger partial charge is 0.145 e. The number of para-hydroxylation sites is 4. The summed E-state index contributed by atoms with van der Waals surface area (Å²) in [7, 11) is 0. The molecule has 0 fully saturated rings. The van der Waals surface area contributed by atoms with Crippen LogP contribution in [0.3, 0.4) is 0 Å². The number of pyridine rings is 1. The third-order valence-corrected chi connectivity index (χ3v) is 5.62. The van der Waals surface area contributed by atoms with Crippen molar-refractivity contribution in [1.29, 1.82) is 0 Å². The van der Waals surface area contributed by atoms with Gasteiger partial charge in [0.05, 0.1) is 16.6 Å². The number of nitrogens with zero attached hydrogens (tertiary/aromatic N) is 3. The Morgan fingerprint density at radius 2 is 1.57 bits per heavy atom. The standard InChI is InChI=1S/C23H15ClN4/c24-21-16(13-14-7-1-3-9-17(14)25-21)23-26-18-10-4-2-8-15(18)22-27-19-11-5-6-12-20(19)28(22)23/h1-13,23,26H/t23-/m1/s1. The largest absolute Gasteiger partial charge is 0.360 e. The third-order valence-electron chi connectivity index (χ3n) is 5.31. The highest BCUT2D eigenvalue weighted by molar-refractivity contribution is 6.30. The Morgan fingerprint density at radius 3 is 2.50 bits per heavy atom. The zero-order valence-electron chi connectivity index (χ0n) is 14.8. The second-order valence-corrected chi connectivity index (χ2v) is 7.31. The topological polar surface area (TPSA) is 42.7 Å². The quantitative estimate of drug-likeness (QED) is 0.368. The van der Waals surface area contributed by atoms with Crippen molar-refractivity contribution in [1.82, 2.24) is 14.5 Å². The van der Waals surface area contributed by atoms with Crippen LogP contribution >= 0.6 is 11.6 Å². The van der Waals surface area contributed by atoms with Gasteiger partial charge in [0.25, 0.3) is 0 Å². The van der Waals surface area contributed by atoms with E-state index >= 15 is 0 Å². The molecule has 0 radical (unpaired) electrons. The van der Waals surface area contributed by atoms with Crippen LogP contribution < -0.4 is 5.32 Å². The molecule has 0 unspecified atom stereocenters. The number of fused-ring (bicyclic) bond motifs is 6. The van der Waals surface area contributed by atoms with Gasteiger partial charge >= 0.3 is 0 Å². The van der Waals surface area contributed by atoms with Crippen LogP contribution in [0.1, 0.15) is 11.7 Å². The van der Waals surface area contributed by atoms with Crippen molar-refractivity contribution in [2.24, 2.45) is 0 Å². The van der Waals surface area contributed by atoms with Gasteiger partial charge in [-0.3, -0.25) is 4.57 Å². The van der Waals surface area contributed by atoms with E-state index in [0.29, 0.717) is 5.15 Å². The normalized spacial score (nSPS) is 15.2. The van der Waals surface area contributed by atoms with Crippen LogP contribution in [0.5, 0.6) is 0 Å². The highest BCUT2D eigenvalue weighted by atomic mass is 35.5. The zero-order valence-corrected chi connectivity index (χ0v) is 15.6. The molecule has 3 aromatic carbocycles. The van der Waals surface area contributed by atoms with Crippen molar-refractivity contribution in [3.63, 3.8) is 0 Å². The summed E-state index contributed by atoms with van der Waals surface area (Å²) in [6.45, 7) is 0. The van der Waals surface area contributed by atoms with E-state index in [1.165, 1.54) is 0 Å². The highest BCUT2D eigenvalue weighted by Crippen LogP contribution is 2.42. The molecule has 1 aliphatic heterocycles. The Morgan fingerprint density at radius 1 is 0.821 bits per heavy atom. The van der Waals surface area contributed by atoms with Crippen molar-refractivity contribution in [3.8, 4) is 11.4 Å². The second kappa shape index (κ2) is 5.81. The second-order valence-electron chi connectivity index (χ2n) is 6.95. The summed E-state index contributed by atoms with van der Waals surface area (Å²) in [4.78, 5) is 9.56. The van der Waals surface area contributed by atoms with E-state index in [1.54, 1.807) is 0 Å². The van der Waals surface area contributed by atoms with Gasteiger partial charge in [0.2, 0.25) is 0 Å². The lowest BCUT2D eigenvalue weighted by molar-refractivity contribution is 0.668. The van der Waals surface area contributed by atoms with E-state index in [1.807, 2.05) is 48.5 Å². The predicted molar refractivity (Wildman–Crippen MR) is 114 cm³/mol. The Labute approximate surface area is 166 Å². The fraction of sp³-hybridized carbons (Fsp3) is 0.0435. The van der Waals surface area contributed by atoms with Crippen molar-refractivity contribution in [2.75, 3.05) is 5.32 Å². The number of aromatic nitrogens is 3. The molecule has 0 saturated carbocycles. The van der Waals surface area contributed by atoms with E-state index < -0.39 is 0 Å². The SMILES string of the molecule is Clc1nc2ccccc2cc1[C@@H]1Nc2ccccc2-c2nc3ccccc3n21. The number of halogens is 1. The van der Waals surface area contributed by atoms with E-state index in [2.05, 4.69) is 45.2 Å². The van der Waals surface area contributed by atoms with Gasteiger partial charge in [-0.15, -0.1) is 0 Å². The number of rotatable bonds is 1. The molecule has 4 nitrogen and oxygen atoms in total. The zero-order chi connectivity index (χ0) is 18.7. The number of hydrogen-bond donors (Lipinski definition) is 1. The number of benzene rings is 3. The summed E-state index contributed by atoms with van der Waals surface area (Å²) < 4.78 is 2.22. The maximum absolute atomic E-state index is 6.66. The molecule has 1 atom stereocenters. The van der Waals surface area contributed by atoms with E-state index in [-0.39, 0.29) is 6.17 Å². The third kappa shape index (κ3) is 2.18. The van der Waals surface area contributed by atoms with Crippen LogP contribution in [0.25, 0.3) is 33.3 Å². The first-order chi connectivity index (χ1) is 13.8. The van der Waals surface area contributed by atoms with Crippen LogP contribution in [-0.4, -0.2) is 14.5 Å². The molecule has 1 N–H and O–H groups in total. The molecule has 5 aromatic rings. The van der Waals surface area contributed by atoms with E-state index in [9.17, 15) is 0 Å². The van der Waals surface area contributed by atoms with E-state index in [0.717, 1.165) is 44.6 Å². The molecule has 28 heavy (non-hydrogen) atoms. The first-order valence-corrected chi connectivity index (χ1v) is 9.55. The molecule has 0 saturated heterocycles. The molecule has 1 aliphatic rings. The summed E-state index contributed by atoms with van der Waals surface area (Å²) in [5, 5.41) is 5.21. The summed E-state index contributed by atoms with van der Waals surface area (Å²) in [6.07, 6.45) is -0.193. The molecule has 134 valence electrons. The molecular weight excluding hydrogens is 368 g/mol. The first-order valence-electron chi connectivity index (χ1n) is 9.18.